The maximum atomic E-state index is 5.78. The van der Waals surface area contributed by atoms with Crippen molar-refractivity contribution in [2.45, 2.75) is 0 Å². The van der Waals surface area contributed by atoms with Crippen molar-refractivity contribution in [3.8, 4) is 0 Å². The van der Waals surface area contributed by atoms with Crippen LogP contribution in [0.25, 0.3) is 0 Å². The molecule has 0 amide bonds. The lowest BCUT2D eigenvalue weighted by Gasteiger charge is -2.10. The number of hydrogen-bond donors (Lipinski definition) is 1. The number of hydrogen-bond acceptors (Lipinski definition) is 2. The summed E-state index contributed by atoms with van der Waals surface area (Å²) >= 11 is 5.78. The van der Waals surface area contributed by atoms with Crippen LogP contribution in [-0.4, -0.2) is 20.3 Å². The fraction of sp³-hybridized carbons (Fsp3) is 0.429. The first-order valence-electron chi connectivity index (χ1n) is 3.02. The molecule has 10 heavy (non-hydrogen) atoms. The zero-order chi connectivity index (χ0) is 7.40. The standard InChI is InChI=1S/C7H9ClNO/c1-10-5-6-3-2-4-9-7(6)8/h3,9H,4-5H2,1H3. The molecule has 1 N–H and O–H groups in total. The van der Waals surface area contributed by atoms with Crippen LogP contribution >= 0.6 is 11.6 Å². The van der Waals surface area contributed by atoms with Gasteiger partial charge in [0, 0.05) is 19.2 Å². The lowest BCUT2D eigenvalue weighted by Crippen LogP contribution is -2.16. The smallest absolute Gasteiger partial charge is 0.108 e. The maximum Gasteiger partial charge on any atom is 0.108 e. The molecular formula is C7H9ClNO. The molecule has 3 heteroatoms. The van der Waals surface area contributed by atoms with Crippen LogP contribution in [0.4, 0.5) is 0 Å². The highest BCUT2D eigenvalue weighted by Gasteiger charge is 2.03. The molecule has 0 aromatic rings. The number of rotatable bonds is 2. The van der Waals surface area contributed by atoms with E-state index in [1.807, 2.05) is 6.08 Å². The summed E-state index contributed by atoms with van der Waals surface area (Å²) in [5, 5.41) is 3.61. The van der Waals surface area contributed by atoms with Crippen molar-refractivity contribution in [1.82, 2.24) is 5.32 Å². The minimum absolute atomic E-state index is 0.541. The summed E-state index contributed by atoms with van der Waals surface area (Å²) in [6.45, 7) is 1.23. The molecule has 0 fully saturated rings. The molecule has 0 aliphatic carbocycles. The van der Waals surface area contributed by atoms with E-state index in [0.29, 0.717) is 18.3 Å². The third kappa shape index (κ3) is 1.75. The first-order valence-corrected chi connectivity index (χ1v) is 3.40. The van der Waals surface area contributed by atoms with Crippen molar-refractivity contribution in [3.05, 3.63) is 22.9 Å². The Balaban J connectivity index is 2.60. The van der Waals surface area contributed by atoms with Crippen LogP contribution in [0.2, 0.25) is 0 Å². The monoisotopic (exact) mass is 158 g/mol. The van der Waals surface area contributed by atoms with Gasteiger partial charge in [0.25, 0.3) is 0 Å². The van der Waals surface area contributed by atoms with Gasteiger partial charge in [0.1, 0.15) is 5.16 Å². The van der Waals surface area contributed by atoms with Gasteiger partial charge in [0.15, 0.2) is 0 Å². The summed E-state index contributed by atoms with van der Waals surface area (Å²) in [6, 6.07) is 0. The van der Waals surface area contributed by atoms with Gasteiger partial charge in [-0.25, -0.2) is 0 Å². The highest BCUT2D eigenvalue weighted by molar-refractivity contribution is 6.29. The molecule has 1 heterocycles. The van der Waals surface area contributed by atoms with E-state index in [0.717, 1.165) is 5.57 Å². The van der Waals surface area contributed by atoms with E-state index in [9.17, 15) is 0 Å². The topological polar surface area (TPSA) is 21.3 Å². The predicted octanol–water partition coefficient (Wildman–Crippen LogP) is 1.05. The van der Waals surface area contributed by atoms with Crippen molar-refractivity contribution in [3.63, 3.8) is 0 Å². The van der Waals surface area contributed by atoms with Crippen LogP contribution in [0.3, 0.4) is 0 Å². The van der Waals surface area contributed by atoms with Crippen LogP contribution < -0.4 is 5.32 Å². The van der Waals surface area contributed by atoms with E-state index in [-0.39, 0.29) is 0 Å². The molecule has 1 rings (SSSR count). The largest absolute Gasteiger partial charge is 0.380 e. The van der Waals surface area contributed by atoms with E-state index in [4.69, 9.17) is 16.3 Å². The second-order valence-electron chi connectivity index (χ2n) is 1.97. The van der Waals surface area contributed by atoms with E-state index in [2.05, 4.69) is 11.4 Å². The third-order valence-corrected chi connectivity index (χ3v) is 1.58. The predicted molar refractivity (Wildman–Crippen MR) is 40.6 cm³/mol. The molecule has 55 valence electrons. The number of dihydropyridines is 1. The highest BCUT2D eigenvalue weighted by atomic mass is 35.5. The van der Waals surface area contributed by atoms with Crippen LogP contribution in [0, 0.1) is 6.08 Å². The van der Waals surface area contributed by atoms with E-state index in [1.165, 1.54) is 0 Å². The Kier molecular flexibility index (Phi) is 2.78. The van der Waals surface area contributed by atoms with Crippen molar-refractivity contribution >= 4 is 11.6 Å². The molecule has 2 nitrogen and oxygen atoms in total. The van der Waals surface area contributed by atoms with Gasteiger partial charge in [-0.05, 0) is 12.2 Å². The lowest BCUT2D eigenvalue weighted by atomic mass is 10.2. The molecule has 0 saturated carbocycles. The number of nitrogens with one attached hydrogen (secondary N) is 1. The quantitative estimate of drug-likeness (QED) is 0.607. The molecule has 1 aliphatic heterocycles. The zero-order valence-corrected chi connectivity index (χ0v) is 6.53. The molecule has 0 aromatic heterocycles. The van der Waals surface area contributed by atoms with Gasteiger partial charge in [0.2, 0.25) is 0 Å². The number of methoxy groups -OCH3 is 1. The molecule has 0 aromatic carbocycles. The maximum absolute atomic E-state index is 5.78. The molecule has 0 atom stereocenters. The molecule has 1 radical (unpaired) electrons. The van der Waals surface area contributed by atoms with Crippen molar-refractivity contribution in [2.24, 2.45) is 0 Å². The third-order valence-electron chi connectivity index (χ3n) is 1.20. The Morgan fingerprint density at radius 2 is 2.70 bits per heavy atom. The minimum Gasteiger partial charge on any atom is -0.380 e. The van der Waals surface area contributed by atoms with Crippen LogP contribution in [0.1, 0.15) is 0 Å². The summed E-state index contributed by atoms with van der Waals surface area (Å²) in [4.78, 5) is 0. The molecular weight excluding hydrogens is 150 g/mol. The van der Waals surface area contributed by atoms with E-state index < -0.39 is 0 Å². The Morgan fingerprint density at radius 3 is 3.30 bits per heavy atom. The van der Waals surface area contributed by atoms with Gasteiger partial charge < -0.3 is 10.1 Å². The molecule has 0 bridgehead atoms. The van der Waals surface area contributed by atoms with Crippen molar-refractivity contribution in [1.29, 1.82) is 0 Å². The van der Waals surface area contributed by atoms with Gasteiger partial charge >= 0.3 is 0 Å². The van der Waals surface area contributed by atoms with Gasteiger partial charge in [-0.3, -0.25) is 0 Å². The first kappa shape index (κ1) is 7.63. The summed E-state index contributed by atoms with van der Waals surface area (Å²) in [5.41, 5.74) is 0.954. The van der Waals surface area contributed by atoms with E-state index >= 15 is 0 Å². The normalized spacial score (nSPS) is 17.4. The number of ether oxygens (including phenoxy) is 1. The zero-order valence-electron chi connectivity index (χ0n) is 5.78. The average molecular weight is 159 g/mol. The molecule has 1 aliphatic rings. The van der Waals surface area contributed by atoms with Gasteiger partial charge in [-0.2, -0.15) is 0 Å². The van der Waals surface area contributed by atoms with Crippen LogP contribution in [0.5, 0.6) is 0 Å². The minimum atomic E-state index is 0.541. The Bertz CT molecular complexity index is 174. The Morgan fingerprint density at radius 1 is 1.90 bits per heavy atom. The summed E-state index contributed by atoms with van der Waals surface area (Å²) in [7, 11) is 1.64. The molecule has 0 spiro atoms. The van der Waals surface area contributed by atoms with Gasteiger partial charge in [-0.1, -0.05) is 11.6 Å². The molecule has 0 saturated heterocycles. The van der Waals surface area contributed by atoms with Gasteiger partial charge in [0.05, 0.1) is 6.61 Å². The fourth-order valence-electron chi connectivity index (χ4n) is 0.740. The number of halogens is 1. The van der Waals surface area contributed by atoms with Crippen LogP contribution in [-0.2, 0) is 4.74 Å². The SMILES string of the molecule is COCC1=C(Cl)NC[C]=C1. The van der Waals surface area contributed by atoms with Crippen molar-refractivity contribution < 1.29 is 4.74 Å². The van der Waals surface area contributed by atoms with Crippen LogP contribution in [0.15, 0.2) is 16.8 Å². The van der Waals surface area contributed by atoms with E-state index in [1.54, 1.807) is 7.11 Å². The summed E-state index contributed by atoms with van der Waals surface area (Å²) in [5.74, 6) is 0. The highest BCUT2D eigenvalue weighted by Crippen LogP contribution is 2.10. The Labute approximate surface area is 65.5 Å². The summed E-state index contributed by atoms with van der Waals surface area (Å²) in [6.07, 6.45) is 4.84. The average Bonchev–Trinajstić information content (AvgIpc) is 1.94. The fourth-order valence-corrected chi connectivity index (χ4v) is 0.916. The summed E-state index contributed by atoms with van der Waals surface area (Å²) < 4.78 is 4.90. The lowest BCUT2D eigenvalue weighted by molar-refractivity contribution is 0.227. The van der Waals surface area contributed by atoms with Crippen molar-refractivity contribution in [2.75, 3.05) is 20.3 Å². The second kappa shape index (κ2) is 3.64. The second-order valence-corrected chi connectivity index (χ2v) is 2.35. The Hall–Kier alpha value is -0.470. The first-order chi connectivity index (χ1) is 4.84. The van der Waals surface area contributed by atoms with Gasteiger partial charge in [-0.15, -0.1) is 0 Å². The molecule has 0 unspecified atom stereocenters.